The molecule has 0 fully saturated rings. The van der Waals surface area contributed by atoms with Gasteiger partial charge in [0.25, 0.3) is 0 Å². The summed E-state index contributed by atoms with van der Waals surface area (Å²) in [4.78, 5) is 0. The molecule has 0 amide bonds. The molecule has 0 aliphatic carbocycles. The van der Waals surface area contributed by atoms with E-state index in [1.807, 2.05) is 5.70 Å². The maximum absolute atomic E-state index is 5.78. The van der Waals surface area contributed by atoms with Crippen LogP contribution in [0.3, 0.4) is 0 Å². The molecule has 14 heavy (non-hydrogen) atoms. The second-order valence-corrected chi connectivity index (χ2v) is 6.38. The fraction of sp³-hybridized carbons (Fsp3) is 0.800. The monoisotopic (exact) mass is 234 g/mol. The van der Waals surface area contributed by atoms with Crippen LogP contribution in [0.4, 0.5) is 0 Å². The lowest BCUT2D eigenvalue weighted by Crippen LogP contribution is -2.40. The van der Waals surface area contributed by atoms with Gasteiger partial charge in [0.1, 0.15) is 0 Å². The first-order chi connectivity index (χ1) is 6.24. The van der Waals surface area contributed by atoms with Crippen molar-refractivity contribution in [2.24, 2.45) is 0 Å². The van der Waals surface area contributed by atoms with E-state index in [-0.39, 0.29) is 11.0 Å². The molecule has 0 heterocycles. The molecule has 0 aromatic carbocycles. The van der Waals surface area contributed by atoms with Gasteiger partial charge in [-0.2, -0.15) is 0 Å². The molecule has 0 aliphatic heterocycles. The Morgan fingerprint density at radius 3 is 1.71 bits per heavy atom. The van der Waals surface area contributed by atoms with Crippen molar-refractivity contribution in [2.75, 3.05) is 13.2 Å². The Bertz CT molecular complexity index is 132. The normalized spacial score (nSPS) is 10.8. The van der Waals surface area contributed by atoms with Crippen LogP contribution < -0.4 is 0 Å². The first-order valence-corrected chi connectivity index (χ1v) is 7.26. The van der Waals surface area contributed by atoms with Gasteiger partial charge in [0.2, 0.25) is 0 Å². The topological polar surface area (TPSA) is 18.5 Å². The highest BCUT2D eigenvalue weighted by atomic mass is 28.4. The van der Waals surface area contributed by atoms with Crippen molar-refractivity contribution in [1.82, 2.24) is 0 Å². The van der Waals surface area contributed by atoms with E-state index in [2.05, 4.69) is 27.4 Å². The second-order valence-electron chi connectivity index (χ2n) is 3.07. The Morgan fingerprint density at radius 2 is 1.50 bits per heavy atom. The molecule has 86 valence electrons. The molecule has 0 bridgehead atoms. The van der Waals surface area contributed by atoms with Crippen molar-refractivity contribution in [3.05, 3.63) is 12.3 Å². The van der Waals surface area contributed by atoms with Crippen LogP contribution in [0.25, 0.3) is 0 Å². The predicted molar refractivity (Wildman–Crippen MR) is 70.3 cm³/mol. The predicted octanol–water partition coefficient (Wildman–Crippen LogP) is 1.58. The van der Waals surface area contributed by atoms with E-state index in [1.165, 1.54) is 0 Å². The van der Waals surface area contributed by atoms with Crippen LogP contribution >= 0.6 is 0 Å². The first kappa shape index (κ1) is 16.5. The lowest BCUT2D eigenvalue weighted by molar-refractivity contribution is 0.179. The van der Waals surface area contributed by atoms with Crippen LogP contribution in [0.5, 0.6) is 0 Å². The first-order valence-electron chi connectivity index (χ1n) is 5.16. The average Bonchev–Trinajstić information content (AvgIpc) is 2.20. The highest BCUT2D eigenvalue weighted by molar-refractivity contribution is 6.72. The van der Waals surface area contributed by atoms with Gasteiger partial charge in [-0.05, 0) is 35.6 Å². The van der Waals surface area contributed by atoms with Crippen molar-refractivity contribution in [3.63, 3.8) is 0 Å². The van der Waals surface area contributed by atoms with E-state index >= 15 is 0 Å². The molecule has 4 heteroatoms. The molecule has 0 radical (unpaired) electrons. The van der Waals surface area contributed by atoms with Gasteiger partial charge >= 0.3 is 8.56 Å². The molecule has 0 saturated carbocycles. The van der Waals surface area contributed by atoms with E-state index in [0.717, 1.165) is 32.1 Å². The van der Waals surface area contributed by atoms with E-state index in [9.17, 15) is 0 Å². The molecule has 0 atom stereocenters. The summed E-state index contributed by atoms with van der Waals surface area (Å²) in [5, 5.41) is 0. The summed E-state index contributed by atoms with van der Waals surface area (Å²) in [7, 11) is -2.02. The van der Waals surface area contributed by atoms with Gasteiger partial charge in [0, 0.05) is 13.2 Å². The van der Waals surface area contributed by atoms with Gasteiger partial charge in [0.15, 0.2) is 0 Å². The molecule has 0 aliphatic rings. The molecule has 0 spiro atoms. The van der Waals surface area contributed by atoms with Crippen LogP contribution in [0.1, 0.15) is 33.6 Å². The summed E-state index contributed by atoms with van der Waals surface area (Å²) in [5.74, 6) is 0. The molecule has 0 aromatic heterocycles. The molecule has 2 nitrogen and oxygen atoms in total. The molecular formula is C10H26O2Si2. The van der Waals surface area contributed by atoms with Crippen LogP contribution in [0, 0.1) is 0 Å². The lowest BCUT2D eigenvalue weighted by atomic mass is 10.5. The van der Waals surface area contributed by atoms with Crippen molar-refractivity contribution in [1.29, 1.82) is 0 Å². The maximum atomic E-state index is 5.78. The lowest BCUT2D eigenvalue weighted by Gasteiger charge is -2.25. The van der Waals surface area contributed by atoms with Crippen molar-refractivity contribution >= 4 is 19.5 Å². The van der Waals surface area contributed by atoms with Crippen molar-refractivity contribution in [3.8, 4) is 0 Å². The zero-order valence-electron chi connectivity index (χ0n) is 9.14. The number of hydrogen-bond donors (Lipinski definition) is 0. The van der Waals surface area contributed by atoms with Gasteiger partial charge in [0.05, 0.1) is 0 Å². The largest absolute Gasteiger partial charge is 0.391 e. The van der Waals surface area contributed by atoms with Gasteiger partial charge in [-0.25, -0.2) is 0 Å². The summed E-state index contributed by atoms with van der Waals surface area (Å²) < 4.78 is 11.6. The summed E-state index contributed by atoms with van der Waals surface area (Å²) in [6.07, 6.45) is 2.08. The van der Waals surface area contributed by atoms with Crippen molar-refractivity contribution in [2.45, 2.75) is 39.7 Å². The Labute approximate surface area is 94.0 Å². The maximum Gasteiger partial charge on any atom is 0.364 e. The summed E-state index contributed by atoms with van der Waals surface area (Å²) in [6, 6.07) is 0.955. The molecule has 0 aromatic rings. The zero-order valence-corrected chi connectivity index (χ0v) is 10.1. The standard InChI is InChI=1S/C10H22O2Si.H4Si/c1-5-9-11-13(7-3,8-4)12-10-6-2;/h7H,3,5-6,8-10H2,1-2,4H3;1H4. The number of rotatable bonds is 8. The van der Waals surface area contributed by atoms with Gasteiger partial charge < -0.3 is 8.85 Å². The summed E-state index contributed by atoms with van der Waals surface area (Å²) in [6.45, 7) is 11.7. The van der Waals surface area contributed by atoms with Crippen LogP contribution in [0.2, 0.25) is 6.04 Å². The van der Waals surface area contributed by atoms with Gasteiger partial charge in [-0.1, -0.05) is 20.8 Å². The Kier molecular flexibility index (Phi) is 11.4. The Morgan fingerprint density at radius 1 is 1.07 bits per heavy atom. The second kappa shape index (κ2) is 9.64. The molecule has 0 saturated heterocycles. The van der Waals surface area contributed by atoms with Gasteiger partial charge in [-0.15, -0.1) is 6.58 Å². The highest BCUT2D eigenvalue weighted by Gasteiger charge is 2.31. The van der Waals surface area contributed by atoms with Crippen LogP contribution in [-0.4, -0.2) is 32.7 Å². The quantitative estimate of drug-likeness (QED) is 0.594. The third kappa shape index (κ3) is 5.75. The highest BCUT2D eigenvalue weighted by Crippen LogP contribution is 2.15. The minimum absolute atomic E-state index is 0. The van der Waals surface area contributed by atoms with E-state index in [0.29, 0.717) is 0 Å². The fourth-order valence-corrected chi connectivity index (χ4v) is 3.17. The zero-order chi connectivity index (χ0) is 10.2. The molecular weight excluding hydrogens is 208 g/mol. The third-order valence-corrected chi connectivity index (χ3v) is 4.90. The summed E-state index contributed by atoms with van der Waals surface area (Å²) >= 11 is 0. The third-order valence-electron chi connectivity index (χ3n) is 1.90. The average molecular weight is 234 g/mol. The van der Waals surface area contributed by atoms with E-state index in [1.54, 1.807) is 0 Å². The van der Waals surface area contributed by atoms with Gasteiger partial charge in [-0.3, -0.25) is 0 Å². The Balaban J connectivity index is 0. The number of hydrogen-bond acceptors (Lipinski definition) is 2. The minimum Gasteiger partial charge on any atom is -0.391 e. The van der Waals surface area contributed by atoms with E-state index < -0.39 is 8.56 Å². The van der Waals surface area contributed by atoms with Crippen molar-refractivity contribution < 1.29 is 8.85 Å². The molecule has 0 rings (SSSR count). The summed E-state index contributed by atoms with van der Waals surface area (Å²) in [5.41, 5.74) is 1.90. The van der Waals surface area contributed by atoms with E-state index in [4.69, 9.17) is 8.85 Å². The fourth-order valence-electron chi connectivity index (χ4n) is 1.06. The molecule has 0 N–H and O–H groups in total. The Hall–Kier alpha value is 0.0938. The van der Waals surface area contributed by atoms with Crippen LogP contribution in [-0.2, 0) is 8.85 Å². The van der Waals surface area contributed by atoms with Crippen LogP contribution in [0.15, 0.2) is 12.3 Å². The smallest absolute Gasteiger partial charge is 0.364 e. The molecule has 0 unspecified atom stereocenters. The minimum atomic E-state index is -2.02. The SMILES string of the molecule is C=C[Si](CC)(OCCC)OCCC.[SiH4].